The molecule has 0 radical (unpaired) electrons. The van der Waals surface area contributed by atoms with Crippen LogP contribution in [0, 0.1) is 5.82 Å². The molecular formula is C17H17ClFNO3. The van der Waals surface area contributed by atoms with Crippen LogP contribution in [-0.4, -0.2) is 26.2 Å². The molecule has 2 rings (SSSR count). The van der Waals surface area contributed by atoms with Crippen molar-refractivity contribution in [1.29, 1.82) is 0 Å². The highest BCUT2D eigenvalue weighted by atomic mass is 35.5. The minimum Gasteiger partial charge on any atom is -0.497 e. The number of methoxy groups -OCH3 is 1. The minimum atomic E-state index is -0.453. The monoisotopic (exact) mass is 337 g/mol. The zero-order chi connectivity index (χ0) is 16.7. The maximum Gasteiger partial charge on any atom is 0.257 e. The molecule has 0 aromatic heterocycles. The van der Waals surface area contributed by atoms with Crippen LogP contribution < -0.4 is 14.8 Å². The van der Waals surface area contributed by atoms with E-state index in [-0.39, 0.29) is 23.3 Å². The summed E-state index contributed by atoms with van der Waals surface area (Å²) in [6, 6.07) is 11.4. The molecule has 1 N–H and O–H groups in total. The smallest absolute Gasteiger partial charge is 0.257 e. The SMILES string of the molecule is COc1ccc(CCNC(=O)COc2ccc(F)cc2Cl)cc1. The molecule has 23 heavy (non-hydrogen) atoms. The lowest BCUT2D eigenvalue weighted by Gasteiger charge is -2.09. The largest absolute Gasteiger partial charge is 0.497 e. The molecular weight excluding hydrogens is 321 g/mol. The molecule has 0 aliphatic carbocycles. The van der Waals surface area contributed by atoms with E-state index in [0.717, 1.165) is 17.4 Å². The molecule has 0 saturated carbocycles. The van der Waals surface area contributed by atoms with E-state index in [1.807, 2.05) is 24.3 Å². The van der Waals surface area contributed by atoms with Crippen molar-refractivity contribution in [2.45, 2.75) is 6.42 Å². The predicted molar refractivity (Wildman–Crippen MR) is 86.6 cm³/mol. The Labute approximate surface area is 139 Å². The third-order valence-electron chi connectivity index (χ3n) is 3.15. The van der Waals surface area contributed by atoms with Gasteiger partial charge in [-0.1, -0.05) is 23.7 Å². The van der Waals surface area contributed by atoms with Gasteiger partial charge in [0.2, 0.25) is 0 Å². The third-order valence-corrected chi connectivity index (χ3v) is 3.44. The summed E-state index contributed by atoms with van der Waals surface area (Å²) in [4.78, 5) is 11.7. The second kappa shape index (κ2) is 8.39. The summed E-state index contributed by atoms with van der Waals surface area (Å²) >= 11 is 5.82. The quantitative estimate of drug-likeness (QED) is 0.844. The lowest BCUT2D eigenvalue weighted by atomic mass is 10.1. The van der Waals surface area contributed by atoms with E-state index >= 15 is 0 Å². The molecule has 2 aromatic rings. The third kappa shape index (κ3) is 5.45. The Balaban J connectivity index is 1.72. The van der Waals surface area contributed by atoms with Crippen molar-refractivity contribution in [2.75, 3.05) is 20.3 Å². The van der Waals surface area contributed by atoms with Crippen LogP contribution in [0.4, 0.5) is 4.39 Å². The topological polar surface area (TPSA) is 47.6 Å². The lowest BCUT2D eigenvalue weighted by Crippen LogP contribution is -2.30. The van der Waals surface area contributed by atoms with E-state index < -0.39 is 5.82 Å². The van der Waals surface area contributed by atoms with Crippen LogP contribution in [0.5, 0.6) is 11.5 Å². The minimum absolute atomic E-state index is 0.135. The fourth-order valence-electron chi connectivity index (χ4n) is 1.93. The van der Waals surface area contributed by atoms with E-state index in [2.05, 4.69) is 5.32 Å². The Morgan fingerprint density at radius 3 is 2.61 bits per heavy atom. The van der Waals surface area contributed by atoms with Crippen LogP contribution in [0.2, 0.25) is 5.02 Å². The highest BCUT2D eigenvalue weighted by Crippen LogP contribution is 2.24. The van der Waals surface area contributed by atoms with Gasteiger partial charge in [-0.3, -0.25) is 4.79 Å². The number of ether oxygens (including phenoxy) is 2. The molecule has 1 amide bonds. The Hall–Kier alpha value is -2.27. The number of nitrogens with one attached hydrogen (secondary N) is 1. The maximum absolute atomic E-state index is 12.9. The first kappa shape index (κ1) is 17.1. The highest BCUT2D eigenvalue weighted by molar-refractivity contribution is 6.32. The second-order valence-corrected chi connectivity index (χ2v) is 5.22. The summed E-state index contributed by atoms with van der Waals surface area (Å²) in [5, 5.41) is 2.88. The van der Waals surface area contributed by atoms with Crippen molar-refractivity contribution in [1.82, 2.24) is 5.32 Å². The zero-order valence-electron chi connectivity index (χ0n) is 12.6. The Kier molecular flexibility index (Phi) is 6.23. The summed E-state index contributed by atoms with van der Waals surface area (Å²) in [7, 11) is 1.61. The molecule has 0 heterocycles. The van der Waals surface area contributed by atoms with Gasteiger partial charge in [0.15, 0.2) is 6.61 Å². The van der Waals surface area contributed by atoms with Crippen molar-refractivity contribution >= 4 is 17.5 Å². The fraction of sp³-hybridized carbons (Fsp3) is 0.235. The van der Waals surface area contributed by atoms with Crippen molar-refractivity contribution < 1.29 is 18.7 Å². The average molecular weight is 338 g/mol. The number of carbonyl (C=O) groups excluding carboxylic acids is 1. The van der Waals surface area contributed by atoms with Crippen LogP contribution in [-0.2, 0) is 11.2 Å². The van der Waals surface area contributed by atoms with Crippen molar-refractivity contribution in [3.05, 3.63) is 58.9 Å². The Morgan fingerprint density at radius 1 is 1.22 bits per heavy atom. The summed E-state index contributed by atoms with van der Waals surface area (Å²) in [6.07, 6.45) is 0.701. The van der Waals surface area contributed by atoms with Gasteiger partial charge in [0, 0.05) is 6.54 Å². The molecule has 122 valence electrons. The van der Waals surface area contributed by atoms with Gasteiger partial charge in [0.25, 0.3) is 5.91 Å². The number of benzene rings is 2. The van der Waals surface area contributed by atoms with Crippen LogP contribution in [0.1, 0.15) is 5.56 Å². The van der Waals surface area contributed by atoms with Gasteiger partial charge >= 0.3 is 0 Å². The maximum atomic E-state index is 12.9. The van der Waals surface area contributed by atoms with Crippen LogP contribution in [0.3, 0.4) is 0 Å². The molecule has 4 nitrogen and oxygen atoms in total. The normalized spacial score (nSPS) is 10.2. The van der Waals surface area contributed by atoms with Gasteiger partial charge in [0.05, 0.1) is 12.1 Å². The van der Waals surface area contributed by atoms with E-state index in [0.29, 0.717) is 13.0 Å². The average Bonchev–Trinajstić information content (AvgIpc) is 2.54. The van der Waals surface area contributed by atoms with Crippen molar-refractivity contribution in [3.8, 4) is 11.5 Å². The van der Waals surface area contributed by atoms with Gasteiger partial charge in [-0.05, 0) is 42.3 Å². The molecule has 0 saturated heterocycles. The summed E-state index contributed by atoms with van der Waals surface area (Å²) < 4.78 is 23.2. The fourth-order valence-corrected chi connectivity index (χ4v) is 2.15. The van der Waals surface area contributed by atoms with Gasteiger partial charge < -0.3 is 14.8 Å². The Morgan fingerprint density at radius 2 is 1.96 bits per heavy atom. The molecule has 0 bridgehead atoms. The molecule has 0 atom stereocenters. The first-order valence-corrected chi connectivity index (χ1v) is 7.44. The van der Waals surface area contributed by atoms with E-state index in [9.17, 15) is 9.18 Å². The van der Waals surface area contributed by atoms with Gasteiger partial charge in [-0.25, -0.2) is 4.39 Å². The number of hydrogen-bond acceptors (Lipinski definition) is 3. The molecule has 0 fully saturated rings. The second-order valence-electron chi connectivity index (χ2n) is 4.81. The lowest BCUT2D eigenvalue weighted by molar-refractivity contribution is -0.123. The first-order chi connectivity index (χ1) is 11.1. The molecule has 0 aliphatic rings. The highest BCUT2D eigenvalue weighted by Gasteiger charge is 2.06. The van der Waals surface area contributed by atoms with Gasteiger partial charge in [-0.2, -0.15) is 0 Å². The predicted octanol–water partition coefficient (Wildman–Crippen LogP) is 3.23. The van der Waals surface area contributed by atoms with Crippen LogP contribution >= 0.6 is 11.6 Å². The zero-order valence-corrected chi connectivity index (χ0v) is 13.4. The Bertz CT molecular complexity index is 661. The van der Waals surface area contributed by atoms with Crippen LogP contribution in [0.15, 0.2) is 42.5 Å². The molecule has 0 unspecified atom stereocenters. The van der Waals surface area contributed by atoms with Gasteiger partial charge in [0.1, 0.15) is 17.3 Å². The number of halogens is 2. The van der Waals surface area contributed by atoms with E-state index in [1.54, 1.807) is 7.11 Å². The van der Waals surface area contributed by atoms with Crippen LogP contribution in [0.25, 0.3) is 0 Å². The number of rotatable bonds is 7. The van der Waals surface area contributed by atoms with E-state index in [1.165, 1.54) is 12.1 Å². The molecule has 2 aromatic carbocycles. The number of hydrogen-bond donors (Lipinski definition) is 1. The summed E-state index contributed by atoms with van der Waals surface area (Å²) in [5.74, 6) is 0.353. The van der Waals surface area contributed by atoms with Crippen molar-refractivity contribution in [3.63, 3.8) is 0 Å². The van der Waals surface area contributed by atoms with Crippen molar-refractivity contribution in [2.24, 2.45) is 0 Å². The standard InChI is InChI=1S/C17H17ClFNO3/c1-22-14-5-2-12(3-6-14)8-9-20-17(21)11-23-16-7-4-13(19)10-15(16)18/h2-7,10H,8-9,11H2,1H3,(H,20,21). The molecule has 0 spiro atoms. The number of carbonyl (C=O) groups is 1. The molecule has 0 aliphatic heterocycles. The molecule has 6 heteroatoms. The van der Waals surface area contributed by atoms with Gasteiger partial charge in [-0.15, -0.1) is 0 Å². The summed E-state index contributed by atoms with van der Waals surface area (Å²) in [6.45, 7) is 0.319. The number of amides is 1. The van der Waals surface area contributed by atoms with E-state index in [4.69, 9.17) is 21.1 Å². The first-order valence-electron chi connectivity index (χ1n) is 7.06. The summed E-state index contributed by atoms with van der Waals surface area (Å²) in [5.41, 5.74) is 1.09.